The summed E-state index contributed by atoms with van der Waals surface area (Å²) < 4.78 is 10.1. The van der Waals surface area contributed by atoms with Gasteiger partial charge < -0.3 is 52.0 Å². The lowest BCUT2D eigenvalue weighted by Gasteiger charge is -2.35. The van der Waals surface area contributed by atoms with E-state index in [2.05, 4.69) is 29.8 Å². The van der Waals surface area contributed by atoms with Crippen molar-refractivity contribution in [1.82, 2.24) is 19.8 Å². The summed E-state index contributed by atoms with van der Waals surface area (Å²) in [6.45, 7) is 5.64. The second-order valence-corrected chi connectivity index (χ2v) is 10.3. The van der Waals surface area contributed by atoms with Crippen molar-refractivity contribution < 1.29 is 19.1 Å². The summed E-state index contributed by atoms with van der Waals surface area (Å²) in [5.74, 6) is 0.906. The molecule has 0 aliphatic carbocycles. The van der Waals surface area contributed by atoms with Gasteiger partial charge in [0.2, 0.25) is 0 Å². The van der Waals surface area contributed by atoms with Crippen LogP contribution in [0.2, 0.25) is 0 Å². The predicted octanol–water partition coefficient (Wildman–Crippen LogP) is 1.32. The Morgan fingerprint density at radius 3 is 1.52 bits per heavy atom. The molecule has 2 saturated heterocycles. The topological polar surface area (TPSA) is 220 Å². The SMILES string of the molecule is COC(=O)N1CCN(c2ccc(N=C(N)N)nc2)CC1.NC(N)=Nc1ccc(N2CCN(C(=O)OCc3ccccc3)CC2)cn1. The Morgan fingerprint density at radius 1 is 0.674 bits per heavy atom. The Morgan fingerprint density at radius 2 is 1.13 bits per heavy atom. The molecule has 2 aliphatic heterocycles. The molecule has 0 radical (unpaired) electrons. The maximum Gasteiger partial charge on any atom is 0.410 e. The second-order valence-electron chi connectivity index (χ2n) is 10.3. The smallest absolute Gasteiger partial charge is 0.410 e. The first-order valence-corrected chi connectivity index (χ1v) is 14.6. The molecule has 2 amide bonds. The van der Waals surface area contributed by atoms with Crippen LogP contribution < -0.4 is 32.7 Å². The number of ether oxygens (including phenoxy) is 2. The van der Waals surface area contributed by atoms with Gasteiger partial charge in [0.15, 0.2) is 23.6 Å². The van der Waals surface area contributed by atoms with E-state index in [1.807, 2.05) is 42.5 Å². The van der Waals surface area contributed by atoms with Gasteiger partial charge in [0.25, 0.3) is 0 Å². The van der Waals surface area contributed by atoms with Crippen LogP contribution in [-0.4, -0.2) is 103 Å². The zero-order valence-electron chi connectivity index (χ0n) is 25.7. The van der Waals surface area contributed by atoms with Crippen molar-refractivity contribution in [3.63, 3.8) is 0 Å². The Kier molecular flexibility index (Phi) is 11.7. The van der Waals surface area contributed by atoms with Crippen molar-refractivity contribution in [3.8, 4) is 0 Å². The summed E-state index contributed by atoms with van der Waals surface area (Å²) >= 11 is 0. The highest BCUT2D eigenvalue weighted by Gasteiger charge is 2.23. The molecular weight excluding hydrogens is 592 g/mol. The maximum absolute atomic E-state index is 12.2. The fourth-order valence-electron chi connectivity index (χ4n) is 4.76. The number of aromatic nitrogens is 2. The molecule has 0 bridgehead atoms. The summed E-state index contributed by atoms with van der Waals surface area (Å²) in [4.78, 5) is 47.4. The van der Waals surface area contributed by atoms with Gasteiger partial charge in [0.1, 0.15) is 6.61 Å². The molecule has 16 nitrogen and oxygen atoms in total. The highest BCUT2D eigenvalue weighted by Crippen LogP contribution is 2.20. The fourth-order valence-corrected chi connectivity index (χ4v) is 4.76. The number of carbonyl (C=O) groups is 2. The van der Waals surface area contributed by atoms with Crippen LogP contribution in [0.15, 0.2) is 77.0 Å². The van der Waals surface area contributed by atoms with E-state index in [1.54, 1.807) is 34.3 Å². The highest BCUT2D eigenvalue weighted by atomic mass is 16.6. The van der Waals surface area contributed by atoms with Crippen LogP contribution in [0, 0.1) is 0 Å². The van der Waals surface area contributed by atoms with E-state index in [1.165, 1.54) is 7.11 Å². The number of piperazine rings is 2. The molecule has 0 atom stereocenters. The van der Waals surface area contributed by atoms with Crippen LogP contribution in [0.5, 0.6) is 0 Å². The van der Waals surface area contributed by atoms with Gasteiger partial charge in [-0.1, -0.05) is 30.3 Å². The molecule has 0 spiro atoms. The van der Waals surface area contributed by atoms with Crippen LogP contribution in [0.1, 0.15) is 5.56 Å². The average molecular weight is 633 g/mol. The summed E-state index contributed by atoms with van der Waals surface area (Å²) in [7, 11) is 1.39. The van der Waals surface area contributed by atoms with Crippen molar-refractivity contribution >= 4 is 47.1 Å². The van der Waals surface area contributed by atoms with Gasteiger partial charge in [-0.05, 0) is 29.8 Å². The lowest BCUT2D eigenvalue weighted by Crippen LogP contribution is -2.48. The van der Waals surface area contributed by atoms with Crippen LogP contribution in [-0.2, 0) is 16.1 Å². The van der Waals surface area contributed by atoms with Crippen LogP contribution in [0.4, 0.5) is 32.6 Å². The molecule has 8 N–H and O–H groups in total. The van der Waals surface area contributed by atoms with E-state index in [0.29, 0.717) is 50.9 Å². The summed E-state index contributed by atoms with van der Waals surface area (Å²) in [5.41, 5.74) is 24.2. The Bertz CT molecular complexity index is 1460. The number of pyridine rings is 2. The first kappa shape index (κ1) is 33.1. The monoisotopic (exact) mass is 632 g/mol. The van der Waals surface area contributed by atoms with E-state index in [-0.39, 0.29) is 30.7 Å². The number of aliphatic imine (C=N–C) groups is 2. The van der Waals surface area contributed by atoms with Gasteiger partial charge in [0.05, 0.1) is 30.9 Å². The molecule has 1 aromatic carbocycles. The molecule has 5 rings (SSSR count). The first-order valence-electron chi connectivity index (χ1n) is 14.6. The van der Waals surface area contributed by atoms with Crippen molar-refractivity contribution in [2.45, 2.75) is 6.61 Å². The zero-order valence-corrected chi connectivity index (χ0v) is 25.7. The maximum atomic E-state index is 12.2. The number of amides is 2. The molecule has 2 aromatic heterocycles. The van der Waals surface area contributed by atoms with Crippen molar-refractivity contribution in [2.75, 3.05) is 69.3 Å². The average Bonchev–Trinajstić information content (AvgIpc) is 3.08. The number of rotatable bonds is 6. The molecule has 3 aromatic rings. The third kappa shape index (κ3) is 9.87. The van der Waals surface area contributed by atoms with Crippen molar-refractivity contribution in [2.24, 2.45) is 32.9 Å². The van der Waals surface area contributed by atoms with E-state index in [0.717, 1.165) is 30.0 Å². The minimum Gasteiger partial charge on any atom is -0.453 e. The van der Waals surface area contributed by atoms with Gasteiger partial charge in [-0.3, -0.25) is 0 Å². The quantitative estimate of drug-likeness (QED) is 0.223. The Balaban J connectivity index is 0.000000216. The number of benzene rings is 1. The Labute approximate surface area is 267 Å². The number of hydrogen-bond donors (Lipinski definition) is 4. The third-order valence-electron chi connectivity index (χ3n) is 7.14. The lowest BCUT2D eigenvalue weighted by atomic mass is 10.2. The second kappa shape index (κ2) is 16.3. The standard InChI is InChI=1S/C18H22N6O2.C12H18N6O2/c19-17(20)22-16-7-6-15(12-21-16)23-8-10-24(11-9-23)18(25)26-13-14-4-2-1-3-5-14;1-20-12(19)18-6-4-17(5-7-18)9-2-3-10(15-8-9)16-11(13)14/h1-7,12H,8-11,13H2,(H4,19,20,21,22);2-3,8H,4-7H2,1H3,(H4,13,14,15,16). The van der Waals surface area contributed by atoms with E-state index in [9.17, 15) is 9.59 Å². The van der Waals surface area contributed by atoms with Crippen LogP contribution in [0.25, 0.3) is 0 Å². The minimum absolute atomic E-state index is 0.0167. The molecular formula is C30H40N12O4. The zero-order chi connectivity index (χ0) is 32.9. The summed E-state index contributed by atoms with van der Waals surface area (Å²) in [5, 5.41) is 0. The number of methoxy groups -OCH3 is 1. The lowest BCUT2D eigenvalue weighted by molar-refractivity contribution is 0.0942. The van der Waals surface area contributed by atoms with Crippen LogP contribution in [0.3, 0.4) is 0 Å². The van der Waals surface area contributed by atoms with Crippen molar-refractivity contribution in [1.29, 1.82) is 0 Å². The molecule has 16 heteroatoms. The number of anilines is 2. The van der Waals surface area contributed by atoms with Gasteiger partial charge in [0, 0.05) is 52.4 Å². The predicted molar refractivity (Wildman–Crippen MR) is 176 cm³/mol. The number of hydrogen-bond acceptors (Lipinski definition) is 10. The molecule has 2 fully saturated rings. The highest BCUT2D eigenvalue weighted by molar-refractivity contribution is 5.79. The van der Waals surface area contributed by atoms with Gasteiger partial charge in [-0.25, -0.2) is 19.6 Å². The minimum atomic E-state index is -0.286. The van der Waals surface area contributed by atoms with Crippen LogP contribution >= 0.6 is 0 Å². The Hall–Kier alpha value is -5.80. The number of carbonyl (C=O) groups excluding carboxylic acids is 2. The molecule has 2 aliphatic rings. The van der Waals surface area contributed by atoms with E-state index >= 15 is 0 Å². The number of nitrogens with zero attached hydrogens (tertiary/aromatic N) is 8. The molecule has 46 heavy (non-hydrogen) atoms. The van der Waals surface area contributed by atoms with Crippen molar-refractivity contribution in [3.05, 3.63) is 72.6 Å². The first-order chi connectivity index (χ1) is 22.2. The fraction of sp³-hybridized carbons (Fsp3) is 0.333. The summed E-state index contributed by atoms with van der Waals surface area (Å²) in [6, 6.07) is 17.0. The van der Waals surface area contributed by atoms with Gasteiger partial charge in [-0.15, -0.1) is 0 Å². The normalized spacial score (nSPS) is 14.4. The number of nitrogens with two attached hydrogens (primary N) is 4. The van der Waals surface area contributed by atoms with Gasteiger partial charge >= 0.3 is 12.2 Å². The largest absolute Gasteiger partial charge is 0.453 e. The molecule has 0 saturated carbocycles. The summed E-state index contributed by atoms with van der Waals surface area (Å²) in [6.07, 6.45) is 2.88. The number of guanidine groups is 2. The molecule has 4 heterocycles. The van der Waals surface area contributed by atoms with Gasteiger partial charge in [-0.2, -0.15) is 9.98 Å². The molecule has 0 unspecified atom stereocenters. The molecule has 244 valence electrons. The van der Waals surface area contributed by atoms with E-state index in [4.69, 9.17) is 32.4 Å². The van der Waals surface area contributed by atoms with E-state index < -0.39 is 0 Å². The third-order valence-corrected chi connectivity index (χ3v) is 7.14.